The fraction of sp³-hybridized carbons (Fsp3) is 0.440. The quantitative estimate of drug-likeness (QED) is 0.575. The van der Waals surface area contributed by atoms with Gasteiger partial charge in [-0.15, -0.1) is 11.3 Å². The number of aryl methyl sites for hydroxylation is 2. The number of amides is 1. The predicted octanol–water partition coefficient (Wildman–Crippen LogP) is 5.24. The minimum absolute atomic E-state index is 0.175. The van der Waals surface area contributed by atoms with E-state index in [-0.39, 0.29) is 11.9 Å². The fourth-order valence-corrected chi connectivity index (χ4v) is 5.67. The van der Waals surface area contributed by atoms with Crippen LogP contribution in [0.3, 0.4) is 0 Å². The Morgan fingerprint density at radius 2 is 1.90 bits per heavy atom. The summed E-state index contributed by atoms with van der Waals surface area (Å²) in [6.07, 6.45) is 8.52. The van der Waals surface area contributed by atoms with Gasteiger partial charge in [-0.1, -0.05) is 29.8 Å². The highest BCUT2D eigenvalue weighted by Gasteiger charge is 2.24. The number of thiophene rings is 1. The number of fused-ring (bicyclic) bond motifs is 1. The van der Waals surface area contributed by atoms with Crippen LogP contribution in [0.25, 0.3) is 11.3 Å². The summed E-state index contributed by atoms with van der Waals surface area (Å²) >= 11 is 1.76. The molecule has 1 fully saturated rings. The van der Waals surface area contributed by atoms with E-state index in [1.807, 2.05) is 0 Å². The average molecular weight is 436 g/mol. The molecule has 2 aromatic heterocycles. The maximum absolute atomic E-state index is 12.8. The smallest absolute Gasteiger partial charge is 0.273 e. The van der Waals surface area contributed by atoms with Crippen LogP contribution in [0.15, 0.2) is 46.3 Å². The molecule has 0 saturated carbocycles. The molecule has 6 heteroatoms. The van der Waals surface area contributed by atoms with E-state index in [1.54, 1.807) is 17.4 Å². The van der Waals surface area contributed by atoms with Crippen molar-refractivity contribution in [1.29, 1.82) is 0 Å². The van der Waals surface area contributed by atoms with Gasteiger partial charge in [0.25, 0.3) is 5.91 Å². The third-order valence-electron chi connectivity index (χ3n) is 6.53. The number of carbonyl (C=O) groups is 1. The number of benzene rings is 1. The normalized spacial score (nSPS) is 17.8. The number of rotatable bonds is 6. The molecule has 1 unspecified atom stereocenters. The van der Waals surface area contributed by atoms with Crippen molar-refractivity contribution in [2.45, 2.75) is 51.0 Å². The van der Waals surface area contributed by atoms with Crippen molar-refractivity contribution in [2.75, 3.05) is 19.6 Å². The van der Waals surface area contributed by atoms with Gasteiger partial charge in [-0.3, -0.25) is 9.69 Å². The Hall–Kier alpha value is -2.44. The van der Waals surface area contributed by atoms with Gasteiger partial charge in [0, 0.05) is 23.1 Å². The Balaban J connectivity index is 1.27. The number of carbonyl (C=O) groups excluding carboxylic acids is 1. The number of hydrogen-bond acceptors (Lipinski definition) is 5. The minimum atomic E-state index is -0.175. The number of piperidine rings is 1. The van der Waals surface area contributed by atoms with Gasteiger partial charge in [-0.2, -0.15) is 0 Å². The predicted molar refractivity (Wildman–Crippen MR) is 123 cm³/mol. The van der Waals surface area contributed by atoms with Crippen molar-refractivity contribution in [3.8, 4) is 11.3 Å². The second kappa shape index (κ2) is 9.37. The molecular weight excluding hydrogens is 406 g/mol. The molecule has 1 N–H and O–H groups in total. The standard InChI is InChI=1S/C25H29N3O2S/c29-25(26-17-22(24-9-6-14-31-24)28-12-4-1-5-13-28)21-16-23(30-27-21)20-11-10-18-7-2-3-8-19(18)15-20/h6,9-11,14-16,22H,1-5,7-8,12-13,17H2,(H,26,29). The highest BCUT2D eigenvalue weighted by atomic mass is 32.1. The van der Waals surface area contributed by atoms with Crippen molar-refractivity contribution in [1.82, 2.24) is 15.4 Å². The van der Waals surface area contributed by atoms with Gasteiger partial charge in [0.15, 0.2) is 11.5 Å². The number of likely N-dealkylation sites (tertiary alicyclic amines) is 1. The Morgan fingerprint density at radius 1 is 1.06 bits per heavy atom. The average Bonchev–Trinajstić information content (AvgIpc) is 3.52. The molecule has 1 aliphatic heterocycles. The molecule has 1 atom stereocenters. The second-order valence-electron chi connectivity index (χ2n) is 8.60. The topological polar surface area (TPSA) is 58.4 Å². The summed E-state index contributed by atoms with van der Waals surface area (Å²) in [5.41, 5.74) is 4.17. The van der Waals surface area contributed by atoms with Crippen LogP contribution in [-0.2, 0) is 12.8 Å². The molecule has 3 heterocycles. The summed E-state index contributed by atoms with van der Waals surface area (Å²) < 4.78 is 5.54. The van der Waals surface area contributed by atoms with E-state index in [1.165, 1.54) is 48.1 Å². The van der Waals surface area contributed by atoms with Gasteiger partial charge in [0.2, 0.25) is 0 Å². The first kappa shape index (κ1) is 20.5. The summed E-state index contributed by atoms with van der Waals surface area (Å²) in [5.74, 6) is 0.482. The molecule has 5 nitrogen and oxygen atoms in total. The maximum Gasteiger partial charge on any atom is 0.273 e. The van der Waals surface area contributed by atoms with E-state index in [2.05, 4.69) is 51.1 Å². The zero-order valence-electron chi connectivity index (χ0n) is 17.8. The Kier molecular flexibility index (Phi) is 6.18. The fourth-order valence-electron chi connectivity index (χ4n) is 4.81. The maximum atomic E-state index is 12.8. The number of hydrogen-bond donors (Lipinski definition) is 1. The lowest BCUT2D eigenvalue weighted by molar-refractivity contribution is 0.0917. The molecule has 1 aromatic carbocycles. The Morgan fingerprint density at radius 3 is 2.71 bits per heavy atom. The number of aromatic nitrogens is 1. The number of nitrogens with one attached hydrogen (secondary N) is 1. The van der Waals surface area contributed by atoms with Crippen molar-refractivity contribution in [3.63, 3.8) is 0 Å². The van der Waals surface area contributed by atoms with Gasteiger partial charge < -0.3 is 9.84 Å². The molecule has 0 spiro atoms. The zero-order chi connectivity index (χ0) is 21.0. The molecule has 3 aromatic rings. The number of nitrogens with zero attached hydrogens (tertiary/aromatic N) is 2. The minimum Gasteiger partial charge on any atom is -0.355 e. The van der Waals surface area contributed by atoms with Crippen LogP contribution < -0.4 is 5.32 Å². The van der Waals surface area contributed by atoms with Crippen LogP contribution in [-0.4, -0.2) is 35.6 Å². The summed E-state index contributed by atoms with van der Waals surface area (Å²) in [6, 6.07) is 12.7. The molecule has 1 saturated heterocycles. The van der Waals surface area contributed by atoms with E-state index >= 15 is 0 Å². The first-order valence-corrected chi connectivity index (χ1v) is 12.3. The van der Waals surface area contributed by atoms with Crippen LogP contribution >= 0.6 is 11.3 Å². The van der Waals surface area contributed by atoms with Crippen LogP contribution in [0.5, 0.6) is 0 Å². The van der Waals surface area contributed by atoms with E-state index in [4.69, 9.17) is 4.52 Å². The molecular formula is C25H29N3O2S. The van der Waals surface area contributed by atoms with Gasteiger partial charge in [-0.05, 0) is 80.3 Å². The van der Waals surface area contributed by atoms with E-state index in [9.17, 15) is 4.79 Å². The highest BCUT2D eigenvalue weighted by Crippen LogP contribution is 2.29. The SMILES string of the molecule is O=C(NCC(c1cccs1)N1CCCCC1)c1cc(-c2ccc3c(c2)CCCC3)on1. The van der Waals surface area contributed by atoms with Crippen molar-refractivity contribution in [2.24, 2.45) is 0 Å². The molecule has 0 bridgehead atoms. The van der Waals surface area contributed by atoms with Crippen LogP contribution in [0.1, 0.15) is 64.6 Å². The van der Waals surface area contributed by atoms with Gasteiger partial charge in [0.05, 0.1) is 6.04 Å². The lowest BCUT2D eigenvalue weighted by Gasteiger charge is -2.34. The van der Waals surface area contributed by atoms with E-state index < -0.39 is 0 Å². The van der Waals surface area contributed by atoms with Gasteiger partial charge in [-0.25, -0.2) is 0 Å². The summed E-state index contributed by atoms with van der Waals surface area (Å²) in [5, 5.41) is 9.27. The Bertz CT molecular complexity index is 1020. The van der Waals surface area contributed by atoms with Crippen molar-refractivity contribution in [3.05, 3.63) is 63.5 Å². The largest absolute Gasteiger partial charge is 0.355 e. The van der Waals surface area contributed by atoms with Crippen LogP contribution in [0.4, 0.5) is 0 Å². The Labute approximate surface area is 187 Å². The van der Waals surface area contributed by atoms with E-state index in [0.29, 0.717) is 18.0 Å². The first-order chi connectivity index (χ1) is 15.3. The van der Waals surface area contributed by atoms with E-state index in [0.717, 1.165) is 31.5 Å². The summed E-state index contributed by atoms with van der Waals surface area (Å²) in [7, 11) is 0. The van der Waals surface area contributed by atoms with Crippen molar-refractivity contribution >= 4 is 17.2 Å². The third kappa shape index (κ3) is 4.60. The van der Waals surface area contributed by atoms with Gasteiger partial charge in [0.1, 0.15) is 0 Å². The summed E-state index contributed by atoms with van der Waals surface area (Å²) in [6.45, 7) is 2.76. The third-order valence-corrected chi connectivity index (χ3v) is 7.51. The first-order valence-electron chi connectivity index (χ1n) is 11.4. The lowest BCUT2D eigenvalue weighted by Crippen LogP contribution is -2.40. The molecule has 162 valence electrons. The van der Waals surface area contributed by atoms with Gasteiger partial charge >= 0.3 is 0 Å². The lowest BCUT2D eigenvalue weighted by atomic mass is 9.90. The molecule has 0 radical (unpaired) electrons. The van der Waals surface area contributed by atoms with Crippen LogP contribution in [0, 0.1) is 0 Å². The summed E-state index contributed by atoms with van der Waals surface area (Å²) in [4.78, 5) is 16.6. The molecule has 2 aliphatic rings. The van der Waals surface area contributed by atoms with Crippen molar-refractivity contribution < 1.29 is 9.32 Å². The second-order valence-corrected chi connectivity index (χ2v) is 9.58. The highest BCUT2D eigenvalue weighted by molar-refractivity contribution is 7.10. The molecule has 1 aliphatic carbocycles. The molecule has 1 amide bonds. The molecule has 31 heavy (non-hydrogen) atoms. The van der Waals surface area contributed by atoms with Crippen LogP contribution in [0.2, 0.25) is 0 Å². The zero-order valence-corrected chi connectivity index (χ0v) is 18.6. The monoisotopic (exact) mass is 435 g/mol. The molecule has 5 rings (SSSR count).